The number of amides is 1. The first-order chi connectivity index (χ1) is 19.5. The molecule has 0 spiro atoms. The Hall–Kier alpha value is -4.49. The third-order valence-corrected chi connectivity index (χ3v) is 6.93. The van der Waals surface area contributed by atoms with Crippen molar-refractivity contribution in [2.24, 2.45) is 0 Å². The highest BCUT2D eigenvalue weighted by molar-refractivity contribution is 7.21. The van der Waals surface area contributed by atoms with E-state index in [9.17, 15) is 14.3 Å². The van der Waals surface area contributed by atoms with Gasteiger partial charge >= 0.3 is 6.09 Å². The minimum Gasteiger partial charge on any atom is -0.487 e. The Labute approximate surface area is 238 Å². The van der Waals surface area contributed by atoms with Gasteiger partial charge in [0.25, 0.3) is 0 Å². The van der Waals surface area contributed by atoms with Crippen LogP contribution in [-0.4, -0.2) is 55.9 Å². The number of nitrogens with one attached hydrogen (secondary N) is 1. The number of anilines is 1. The molecule has 0 saturated carbocycles. The van der Waals surface area contributed by atoms with Crippen LogP contribution in [-0.2, 0) is 10.3 Å². The average Bonchev–Trinajstić information content (AvgIpc) is 3.33. The molecule has 0 saturated heterocycles. The maximum absolute atomic E-state index is 14.9. The smallest absolute Gasteiger partial charge is 0.412 e. The van der Waals surface area contributed by atoms with Gasteiger partial charge in [0.15, 0.2) is 17.4 Å². The Bertz CT molecular complexity index is 1740. The summed E-state index contributed by atoms with van der Waals surface area (Å²) < 4.78 is 31.8. The molecule has 3 heterocycles. The number of aliphatic hydroxyl groups is 1. The molecule has 0 radical (unpaired) electrons. The fourth-order valence-electron chi connectivity index (χ4n) is 3.94. The van der Waals surface area contributed by atoms with E-state index in [0.29, 0.717) is 37.8 Å². The Morgan fingerprint density at radius 3 is 2.56 bits per heavy atom. The molecule has 212 valence electrons. The number of carbonyl (C=O) groups excluding carboxylic acids is 1. The number of ether oxygens (including phenoxy) is 3. The number of rotatable bonds is 8. The van der Waals surface area contributed by atoms with E-state index in [0.717, 1.165) is 11.1 Å². The van der Waals surface area contributed by atoms with Crippen LogP contribution in [0, 0.1) is 12.7 Å². The minimum atomic E-state index is -1.21. The molecule has 0 aliphatic heterocycles. The molecule has 5 aromatic rings. The van der Waals surface area contributed by atoms with Crippen LogP contribution in [0.2, 0.25) is 0 Å². The molecule has 0 aliphatic carbocycles. The molecule has 5 rings (SSSR count). The fourth-order valence-corrected chi connectivity index (χ4v) is 4.94. The highest BCUT2D eigenvalue weighted by Crippen LogP contribution is 2.37. The average molecular weight is 579 g/mol. The number of hydrogen-bond acceptors (Lipinski definition) is 11. The second-order valence-electron chi connectivity index (χ2n) is 9.87. The van der Waals surface area contributed by atoms with Gasteiger partial charge in [-0.25, -0.2) is 34.1 Å². The van der Waals surface area contributed by atoms with Crippen molar-refractivity contribution >= 4 is 44.4 Å². The summed E-state index contributed by atoms with van der Waals surface area (Å²) in [5.41, 5.74) is 2.66. The lowest BCUT2D eigenvalue weighted by atomic mass is 10.1. The highest BCUT2D eigenvalue weighted by Gasteiger charge is 2.20. The van der Waals surface area contributed by atoms with Gasteiger partial charge in [0.05, 0.1) is 52.6 Å². The molecule has 2 aromatic carbocycles. The Morgan fingerprint density at radius 2 is 1.85 bits per heavy atom. The quantitative estimate of drug-likeness (QED) is 0.246. The number of thiazole rings is 1. The normalized spacial score (nSPS) is 12.4. The van der Waals surface area contributed by atoms with Gasteiger partial charge in [0, 0.05) is 17.7 Å². The summed E-state index contributed by atoms with van der Waals surface area (Å²) in [4.78, 5) is 33.9. The van der Waals surface area contributed by atoms with E-state index < -0.39 is 23.6 Å². The number of aromatic nitrogens is 5. The van der Waals surface area contributed by atoms with Crippen LogP contribution in [0.4, 0.5) is 14.9 Å². The van der Waals surface area contributed by atoms with Gasteiger partial charge in [-0.1, -0.05) is 0 Å². The molecule has 3 aromatic heterocycles. The largest absolute Gasteiger partial charge is 0.487 e. The van der Waals surface area contributed by atoms with Gasteiger partial charge in [-0.15, -0.1) is 11.3 Å². The zero-order chi connectivity index (χ0) is 29.3. The van der Waals surface area contributed by atoms with Crippen LogP contribution in [0.1, 0.15) is 32.2 Å². The van der Waals surface area contributed by atoms with Crippen molar-refractivity contribution in [3.05, 3.63) is 60.1 Å². The van der Waals surface area contributed by atoms with Gasteiger partial charge < -0.3 is 19.3 Å². The molecule has 1 atom stereocenters. The molecular weight excluding hydrogens is 551 g/mol. The van der Waals surface area contributed by atoms with Gasteiger partial charge in [0.2, 0.25) is 5.88 Å². The number of hydrogen-bond donors (Lipinski definition) is 2. The zero-order valence-corrected chi connectivity index (χ0v) is 23.7. The van der Waals surface area contributed by atoms with E-state index in [1.54, 1.807) is 33.0 Å². The lowest BCUT2D eigenvalue weighted by molar-refractivity contribution is 0.0687. The second-order valence-corrected chi connectivity index (χ2v) is 10.9. The predicted molar refractivity (Wildman–Crippen MR) is 152 cm³/mol. The molecule has 1 amide bonds. The van der Waals surface area contributed by atoms with E-state index in [1.165, 1.54) is 36.9 Å². The zero-order valence-electron chi connectivity index (χ0n) is 22.9. The van der Waals surface area contributed by atoms with Gasteiger partial charge in [-0.05, 0) is 45.4 Å². The predicted octanol–water partition coefficient (Wildman–Crippen LogP) is 5.40. The number of nitrogens with zero attached hydrogens (tertiary/aromatic N) is 5. The van der Waals surface area contributed by atoms with Crippen molar-refractivity contribution in [2.75, 3.05) is 19.0 Å². The van der Waals surface area contributed by atoms with E-state index >= 15 is 0 Å². The van der Waals surface area contributed by atoms with E-state index in [2.05, 4.69) is 30.2 Å². The Balaban J connectivity index is 1.27. The van der Waals surface area contributed by atoms with Crippen LogP contribution in [0.15, 0.2) is 42.9 Å². The number of aryl methyl sites for hydroxylation is 1. The first kappa shape index (κ1) is 28.1. The number of methoxy groups -OCH3 is 1. The van der Waals surface area contributed by atoms with E-state index in [1.807, 2.05) is 19.1 Å². The van der Waals surface area contributed by atoms with Gasteiger partial charge in [0.1, 0.15) is 23.3 Å². The molecule has 2 N–H and O–H groups in total. The summed E-state index contributed by atoms with van der Waals surface area (Å²) in [5.74, 6) is 0.0473. The summed E-state index contributed by atoms with van der Waals surface area (Å²) in [6.45, 7) is 6.59. The Morgan fingerprint density at radius 1 is 1.10 bits per heavy atom. The standard InChI is InChI=1S/C28H27FN6O5S/c1-14-6-17(24-20(7-14)34-23(38-5)12-30-24)25-35-19-8-18(29)21(9-22(19)41-25)39-13-15(2)40-27(36)33-16-10-31-26(32-11-16)28(3,4)37/h6-12,15,37H,13H2,1-5H3,(H,33,36)/t15-/m1/s1. The molecular formula is C28H27FN6O5S. The van der Waals surface area contributed by atoms with E-state index in [-0.39, 0.29) is 18.2 Å². The third-order valence-electron chi connectivity index (χ3n) is 5.88. The summed E-state index contributed by atoms with van der Waals surface area (Å²) in [6.07, 6.45) is 2.81. The van der Waals surface area contributed by atoms with Crippen molar-refractivity contribution in [2.45, 2.75) is 39.4 Å². The molecule has 11 nitrogen and oxygen atoms in total. The molecule has 0 aliphatic rings. The third kappa shape index (κ3) is 6.31. The maximum atomic E-state index is 14.9. The van der Waals surface area contributed by atoms with Crippen molar-refractivity contribution in [3.8, 4) is 22.2 Å². The van der Waals surface area contributed by atoms with Crippen molar-refractivity contribution in [3.63, 3.8) is 0 Å². The van der Waals surface area contributed by atoms with Crippen LogP contribution >= 0.6 is 11.3 Å². The van der Waals surface area contributed by atoms with Crippen molar-refractivity contribution in [1.82, 2.24) is 24.9 Å². The number of benzene rings is 2. The highest BCUT2D eigenvalue weighted by atomic mass is 32.1. The minimum absolute atomic E-state index is 0.0118. The topological polar surface area (TPSA) is 141 Å². The summed E-state index contributed by atoms with van der Waals surface area (Å²) in [7, 11) is 1.53. The maximum Gasteiger partial charge on any atom is 0.412 e. The number of carbonyl (C=O) groups is 1. The summed E-state index contributed by atoms with van der Waals surface area (Å²) in [6, 6.07) is 6.77. The second kappa shape index (κ2) is 11.2. The van der Waals surface area contributed by atoms with Crippen LogP contribution in [0.25, 0.3) is 31.8 Å². The van der Waals surface area contributed by atoms with Gasteiger partial charge in [-0.2, -0.15) is 0 Å². The van der Waals surface area contributed by atoms with E-state index in [4.69, 9.17) is 14.2 Å². The number of fused-ring (bicyclic) bond motifs is 2. The first-order valence-electron chi connectivity index (χ1n) is 12.6. The van der Waals surface area contributed by atoms with Crippen LogP contribution in [0.5, 0.6) is 11.6 Å². The molecule has 0 unspecified atom stereocenters. The molecule has 0 bridgehead atoms. The molecule has 13 heteroatoms. The molecule has 41 heavy (non-hydrogen) atoms. The lowest BCUT2D eigenvalue weighted by Gasteiger charge is -2.16. The van der Waals surface area contributed by atoms with Crippen molar-refractivity contribution in [1.29, 1.82) is 0 Å². The summed E-state index contributed by atoms with van der Waals surface area (Å²) in [5, 5.41) is 13.1. The summed E-state index contributed by atoms with van der Waals surface area (Å²) >= 11 is 1.38. The SMILES string of the molecule is COc1cnc2c(-c3nc4cc(F)c(OC[C@@H](C)OC(=O)Nc5cnc(C(C)(C)O)nc5)cc4s3)cc(C)cc2n1. The van der Waals surface area contributed by atoms with Crippen LogP contribution < -0.4 is 14.8 Å². The first-order valence-corrected chi connectivity index (χ1v) is 13.4. The fraction of sp³-hybridized carbons (Fsp3) is 0.286. The molecule has 0 fully saturated rings. The van der Waals surface area contributed by atoms with Crippen molar-refractivity contribution < 1.29 is 28.5 Å². The van der Waals surface area contributed by atoms with Gasteiger partial charge in [-0.3, -0.25) is 5.32 Å². The lowest BCUT2D eigenvalue weighted by Crippen LogP contribution is -2.25. The Kier molecular flexibility index (Phi) is 7.65. The van der Waals surface area contributed by atoms with Crippen LogP contribution in [0.3, 0.4) is 0 Å². The monoisotopic (exact) mass is 578 g/mol. The number of halogens is 1.